The monoisotopic (exact) mass is 256 g/mol. The first-order chi connectivity index (χ1) is 9.42. The van der Waals surface area contributed by atoms with Crippen molar-refractivity contribution in [2.24, 2.45) is 0 Å². The summed E-state index contributed by atoms with van der Waals surface area (Å²) in [7, 11) is 0. The smallest absolute Gasteiger partial charge is 0.0705 e. The van der Waals surface area contributed by atoms with Gasteiger partial charge < -0.3 is 10.1 Å². The zero-order valence-corrected chi connectivity index (χ0v) is 11.1. The maximum Gasteiger partial charge on any atom is 0.0705 e. The van der Waals surface area contributed by atoms with E-state index < -0.39 is 0 Å². The van der Waals surface area contributed by atoms with Gasteiger partial charge in [-0.05, 0) is 37.9 Å². The Morgan fingerprint density at radius 1 is 1.21 bits per heavy atom. The molecule has 0 radical (unpaired) electrons. The van der Waals surface area contributed by atoms with E-state index in [1.807, 2.05) is 12.1 Å². The molecule has 2 aromatic rings. The Morgan fingerprint density at radius 3 is 3.05 bits per heavy atom. The van der Waals surface area contributed by atoms with Crippen molar-refractivity contribution >= 4 is 10.9 Å². The predicted molar refractivity (Wildman–Crippen MR) is 77.0 cm³/mol. The van der Waals surface area contributed by atoms with Gasteiger partial charge in [-0.15, -0.1) is 0 Å². The van der Waals surface area contributed by atoms with Crippen molar-refractivity contribution in [2.75, 3.05) is 13.2 Å². The van der Waals surface area contributed by atoms with E-state index in [0.29, 0.717) is 6.10 Å². The van der Waals surface area contributed by atoms with E-state index in [9.17, 15) is 0 Å². The van der Waals surface area contributed by atoms with Crippen LogP contribution in [0.25, 0.3) is 10.9 Å². The fourth-order valence-electron chi connectivity index (χ4n) is 2.56. The van der Waals surface area contributed by atoms with Gasteiger partial charge in [0.1, 0.15) is 0 Å². The fourth-order valence-corrected chi connectivity index (χ4v) is 2.56. The van der Waals surface area contributed by atoms with E-state index in [0.717, 1.165) is 37.3 Å². The summed E-state index contributed by atoms with van der Waals surface area (Å²) in [5.41, 5.74) is 2.17. The van der Waals surface area contributed by atoms with E-state index in [4.69, 9.17) is 4.74 Å². The van der Waals surface area contributed by atoms with Crippen LogP contribution in [-0.2, 0) is 11.3 Å². The summed E-state index contributed by atoms with van der Waals surface area (Å²) in [5.74, 6) is 0. The molecular weight excluding hydrogens is 236 g/mol. The number of nitrogens with zero attached hydrogens (tertiary/aromatic N) is 1. The highest BCUT2D eigenvalue weighted by Gasteiger charge is 2.14. The summed E-state index contributed by atoms with van der Waals surface area (Å²) >= 11 is 0. The van der Waals surface area contributed by atoms with Crippen LogP contribution < -0.4 is 5.32 Å². The zero-order chi connectivity index (χ0) is 12.9. The number of hydrogen-bond acceptors (Lipinski definition) is 3. The summed E-state index contributed by atoms with van der Waals surface area (Å²) in [6, 6.07) is 12.5. The highest BCUT2D eigenvalue weighted by molar-refractivity contribution is 5.78. The summed E-state index contributed by atoms with van der Waals surface area (Å²) < 4.78 is 5.61. The Morgan fingerprint density at radius 2 is 2.16 bits per heavy atom. The molecule has 0 bridgehead atoms. The molecule has 19 heavy (non-hydrogen) atoms. The molecule has 100 valence electrons. The van der Waals surface area contributed by atoms with E-state index in [2.05, 4.69) is 34.6 Å². The Balaban J connectivity index is 1.50. The van der Waals surface area contributed by atoms with Crippen LogP contribution >= 0.6 is 0 Å². The third kappa shape index (κ3) is 3.31. The molecule has 0 saturated carbocycles. The molecular formula is C16H20N2O. The molecule has 1 aliphatic rings. The van der Waals surface area contributed by atoms with Crippen molar-refractivity contribution in [2.45, 2.75) is 31.9 Å². The van der Waals surface area contributed by atoms with E-state index in [1.54, 1.807) is 0 Å². The molecule has 1 aromatic carbocycles. The van der Waals surface area contributed by atoms with Crippen LogP contribution in [0, 0.1) is 0 Å². The first kappa shape index (κ1) is 12.6. The third-order valence-electron chi connectivity index (χ3n) is 3.63. The van der Waals surface area contributed by atoms with Gasteiger partial charge in [-0.1, -0.05) is 24.3 Å². The quantitative estimate of drug-likeness (QED) is 0.835. The molecule has 1 aliphatic heterocycles. The fraction of sp³-hybridized carbons (Fsp3) is 0.438. The third-order valence-corrected chi connectivity index (χ3v) is 3.63. The van der Waals surface area contributed by atoms with Gasteiger partial charge >= 0.3 is 0 Å². The number of fused-ring (bicyclic) bond motifs is 1. The highest BCUT2D eigenvalue weighted by atomic mass is 16.5. The molecule has 1 saturated heterocycles. The number of hydrogen-bond donors (Lipinski definition) is 1. The van der Waals surface area contributed by atoms with Crippen molar-refractivity contribution in [3.8, 4) is 0 Å². The molecule has 1 aromatic heterocycles. The maximum absolute atomic E-state index is 5.61. The van der Waals surface area contributed by atoms with Crippen LogP contribution in [0.15, 0.2) is 36.4 Å². The molecule has 1 N–H and O–H groups in total. The van der Waals surface area contributed by atoms with E-state index in [1.165, 1.54) is 18.2 Å². The topological polar surface area (TPSA) is 34.2 Å². The van der Waals surface area contributed by atoms with Crippen LogP contribution in [0.2, 0.25) is 0 Å². The summed E-state index contributed by atoms with van der Waals surface area (Å²) in [4.78, 5) is 4.65. The van der Waals surface area contributed by atoms with Gasteiger partial charge in [0, 0.05) is 18.5 Å². The molecule has 2 heterocycles. The number of aromatic nitrogens is 1. The summed E-state index contributed by atoms with van der Waals surface area (Å²) in [6.45, 7) is 2.77. The molecule has 1 fully saturated rings. The second-order valence-corrected chi connectivity index (χ2v) is 5.10. The van der Waals surface area contributed by atoms with Crippen LogP contribution in [0.4, 0.5) is 0 Å². The number of nitrogens with one attached hydrogen (secondary N) is 1. The van der Waals surface area contributed by atoms with E-state index in [-0.39, 0.29) is 0 Å². The minimum Gasteiger partial charge on any atom is -0.378 e. The van der Waals surface area contributed by atoms with Crippen LogP contribution in [0.3, 0.4) is 0 Å². The van der Waals surface area contributed by atoms with Crippen molar-refractivity contribution in [3.63, 3.8) is 0 Å². The number of rotatable bonds is 5. The molecule has 0 spiro atoms. The number of benzene rings is 1. The first-order valence-electron chi connectivity index (χ1n) is 7.09. The number of para-hydroxylation sites is 1. The second-order valence-electron chi connectivity index (χ2n) is 5.10. The lowest BCUT2D eigenvalue weighted by Crippen LogP contribution is -2.20. The second kappa shape index (κ2) is 6.13. The van der Waals surface area contributed by atoms with Gasteiger partial charge in [0.05, 0.1) is 17.3 Å². The molecule has 0 amide bonds. The Bertz CT molecular complexity index is 535. The average Bonchev–Trinajstić information content (AvgIpc) is 2.97. The van der Waals surface area contributed by atoms with Gasteiger partial charge in [-0.2, -0.15) is 0 Å². The number of pyridine rings is 1. The van der Waals surface area contributed by atoms with Crippen molar-refractivity contribution < 1.29 is 4.74 Å². The minimum absolute atomic E-state index is 0.470. The molecule has 0 aliphatic carbocycles. The highest BCUT2D eigenvalue weighted by Crippen LogP contribution is 2.14. The lowest BCUT2D eigenvalue weighted by Gasteiger charge is -2.10. The lowest BCUT2D eigenvalue weighted by molar-refractivity contribution is 0.104. The van der Waals surface area contributed by atoms with Crippen LogP contribution in [-0.4, -0.2) is 24.2 Å². The Hall–Kier alpha value is -1.45. The standard InChI is InChI=1S/C16H20N2O/c1-2-6-16-13(4-1)7-8-14(18-16)12-17-10-9-15-5-3-11-19-15/h1-2,4,6-8,15,17H,3,5,9-12H2. The van der Waals surface area contributed by atoms with Crippen molar-refractivity contribution in [3.05, 3.63) is 42.1 Å². The van der Waals surface area contributed by atoms with Gasteiger partial charge in [0.2, 0.25) is 0 Å². The van der Waals surface area contributed by atoms with Crippen molar-refractivity contribution in [1.29, 1.82) is 0 Å². The van der Waals surface area contributed by atoms with Crippen LogP contribution in [0.5, 0.6) is 0 Å². The van der Waals surface area contributed by atoms with Gasteiger partial charge in [0.25, 0.3) is 0 Å². The Kier molecular flexibility index (Phi) is 4.06. The normalized spacial score (nSPS) is 19.1. The molecule has 1 unspecified atom stereocenters. The Labute approximate surface area is 114 Å². The van der Waals surface area contributed by atoms with Gasteiger partial charge in [-0.3, -0.25) is 4.98 Å². The number of ether oxygens (including phenoxy) is 1. The van der Waals surface area contributed by atoms with Crippen molar-refractivity contribution in [1.82, 2.24) is 10.3 Å². The molecule has 3 heteroatoms. The largest absolute Gasteiger partial charge is 0.378 e. The average molecular weight is 256 g/mol. The molecule has 3 rings (SSSR count). The van der Waals surface area contributed by atoms with E-state index >= 15 is 0 Å². The zero-order valence-electron chi connectivity index (χ0n) is 11.1. The SMILES string of the molecule is c1ccc2nc(CNCCC3CCCO3)ccc2c1. The van der Waals surface area contributed by atoms with Gasteiger partial charge in [0.15, 0.2) is 0 Å². The predicted octanol–water partition coefficient (Wildman–Crippen LogP) is 2.89. The molecule has 3 nitrogen and oxygen atoms in total. The van der Waals surface area contributed by atoms with Gasteiger partial charge in [-0.25, -0.2) is 0 Å². The lowest BCUT2D eigenvalue weighted by atomic mass is 10.2. The molecule has 1 atom stereocenters. The summed E-state index contributed by atoms with van der Waals surface area (Å²) in [6.07, 6.45) is 4.01. The van der Waals surface area contributed by atoms with Crippen LogP contribution in [0.1, 0.15) is 25.0 Å². The maximum atomic E-state index is 5.61. The first-order valence-corrected chi connectivity index (χ1v) is 7.09. The minimum atomic E-state index is 0.470. The summed E-state index contributed by atoms with van der Waals surface area (Å²) in [5, 5.41) is 4.65.